The molecule has 166 valence electrons. The van der Waals surface area contributed by atoms with Crippen LogP contribution in [0, 0.1) is 21.4 Å². The lowest BCUT2D eigenvalue weighted by molar-refractivity contribution is -0.385. The summed E-state index contributed by atoms with van der Waals surface area (Å²) in [5.41, 5.74) is 0.652. The lowest BCUT2D eigenvalue weighted by Gasteiger charge is -2.08. The van der Waals surface area contributed by atoms with Crippen molar-refractivity contribution in [2.45, 2.75) is 11.4 Å². The largest absolute Gasteiger partial charge is 0.379 e. The van der Waals surface area contributed by atoms with E-state index < -0.39 is 26.6 Å². The van der Waals surface area contributed by atoms with Gasteiger partial charge in [0.1, 0.15) is 22.3 Å². The van der Waals surface area contributed by atoms with Crippen molar-refractivity contribution in [1.29, 1.82) is 5.26 Å². The van der Waals surface area contributed by atoms with Gasteiger partial charge >= 0.3 is 10.1 Å². The fraction of sp³-hybridized carbons (Fsp3) is 0.0435. The Balaban J connectivity index is 1.77. The third-order valence-corrected chi connectivity index (χ3v) is 5.60. The summed E-state index contributed by atoms with van der Waals surface area (Å²) < 4.78 is 30.1. The van der Waals surface area contributed by atoms with Crippen LogP contribution in [0.15, 0.2) is 89.3 Å². The van der Waals surface area contributed by atoms with E-state index in [2.05, 4.69) is 5.32 Å². The smallest absolute Gasteiger partial charge is 0.339 e. The van der Waals surface area contributed by atoms with E-state index in [-0.39, 0.29) is 22.8 Å². The number of hydrogen-bond acceptors (Lipinski definition) is 7. The van der Waals surface area contributed by atoms with Gasteiger partial charge in [0.25, 0.3) is 11.6 Å². The minimum Gasteiger partial charge on any atom is -0.379 e. The number of non-ortho nitro benzene ring substituents is 1. The molecular formula is C23H17N3O6S. The summed E-state index contributed by atoms with van der Waals surface area (Å²) in [5.74, 6) is -0.672. The molecule has 0 radical (unpaired) electrons. The highest BCUT2D eigenvalue weighted by molar-refractivity contribution is 7.87. The van der Waals surface area contributed by atoms with Crippen molar-refractivity contribution in [2.24, 2.45) is 0 Å². The zero-order chi connectivity index (χ0) is 23.8. The SMILES string of the molecule is N#C/C(=C\c1cccc(OS(=O)(=O)c2cccc([N+](=O)[O-])c2)c1)C(=O)NCc1ccccc1. The van der Waals surface area contributed by atoms with Crippen molar-refractivity contribution in [3.63, 3.8) is 0 Å². The van der Waals surface area contributed by atoms with Gasteiger partial charge in [0, 0.05) is 18.7 Å². The molecule has 0 spiro atoms. The highest BCUT2D eigenvalue weighted by Crippen LogP contribution is 2.23. The number of nitrogens with one attached hydrogen (secondary N) is 1. The molecule has 0 aliphatic carbocycles. The maximum Gasteiger partial charge on any atom is 0.339 e. The van der Waals surface area contributed by atoms with E-state index in [1.54, 1.807) is 6.07 Å². The van der Waals surface area contributed by atoms with Gasteiger partial charge < -0.3 is 9.50 Å². The average Bonchev–Trinajstić information content (AvgIpc) is 2.81. The van der Waals surface area contributed by atoms with Gasteiger partial charge in [0.2, 0.25) is 0 Å². The maximum absolute atomic E-state index is 12.5. The Morgan fingerprint density at radius 3 is 2.48 bits per heavy atom. The molecule has 9 nitrogen and oxygen atoms in total. The number of benzene rings is 3. The van der Waals surface area contributed by atoms with Gasteiger partial charge in [-0.3, -0.25) is 14.9 Å². The monoisotopic (exact) mass is 463 g/mol. The van der Waals surface area contributed by atoms with Gasteiger partial charge in [0.05, 0.1) is 4.92 Å². The van der Waals surface area contributed by atoms with Crippen LogP contribution in [0.1, 0.15) is 11.1 Å². The molecule has 3 rings (SSSR count). The summed E-state index contributed by atoms with van der Waals surface area (Å²) in [4.78, 5) is 22.2. The molecule has 0 fully saturated rings. The van der Waals surface area contributed by atoms with E-state index in [9.17, 15) is 28.6 Å². The molecule has 0 bridgehead atoms. The zero-order valence-corrected chi connectivity index (χ0v) is 17.9. The van der Waals surface area contributed by atoms with Crippen molar-refractivity contribution in [2.75, 3.05) is 0 Å². The Kier molecular flexibility index (Phi) is 7.17. The Labute approximate surface area is 189 Å². The number of carbonyl (C=O) groups excluding carboxylic acids is 1. The predicted octanol–water partition coefficient (Wildman–Crippen LogP) is 3.59. The number of nitrogens with zero attached hydrogens (tertiary/aromatic N) is 2. The quantitative estimate of drug-likeness (QED) is 0.177. The van der Waals surface area contributed by atoms with E-state index in [0.717, 1.165) is 17.7 Å². The molecule has 3 aromatic carbocycles. The zero-order valence-electron chi connectivity index (χ0n) is 17.0. The lowest BCUT2D eigenvalue weighted by atomic mass is 10.1. The van der Waals surface area contributed by atoms with Gasteiger partial charge in [-0.05, 0) is 35.4 Å². The molecule has 0 aliphatic rings. The van der Waals surface area contributed by atoms with Crippen LogP contribution in [-0.4, -0.2) is 19.2 Å². The molecule has 33 heavy (non-hydrogen) atoms. The Hall–Kier alpha value is -4.49. The number of carbonyl (C=O) groups is 1. The normalized spacial score (nSPS) is 11.3. The van der Waals surface area contributed by atoms with Crippen molar-refractivity contribution in [3.05, 3.63) is 106 Å². The number of nitriles is 1. The van der Waals surface area contributed by atoms with E-state index >= 15 is 0 Å². The molecule has 1 amide bonds. The first kappa shape index (κ1) is 23.2. The summed E-state index contributed by atoms with van der Waals surface area (Å²) in [7, 11) is -4.35. The van der Waals surface area contributed by atoms with Gasteiger partial charge in [-0.15, -0.1) is 0 Å². The van der Waals surface area contributed by atoms with E-state index in [0.29, 0.717) is 5.56 Å². The first-order chi connectivity index (χ1) is 15.8. The summed E-state index contributed by atoms with van der Waals surface area (Å²) in [6.07, 6.45) is 1.30. The second-order valence-electron chi connectivity index (χ2n) is 6.70. The number of nitro benzene ring substituents is 1. The fourth-order valence-corrected chi connectivity index (χ4v) is 3.74. The van der Waals surface area contributed by atoms with E-state index in [4.69, 9.17) is 4.18 Å². The van der Waals surface area contributed by atoms with Crippen molar-refractivity contribution in [1.82, 2.24) is 5.32 Å². The summed E-state index contributed by atoms with van der Waals surface area (Å²) in [6, 6.07) is 21.2. The molecule has 0 atom stereocenters. The average molecular weight is 463 g/mol. The van der Waals surface area contributed by atoms with Crippen LogP contribution in [0.2, 0.25) is 0 Å². The Bertz CT molecular complexity index is 1360. The van der Waals surface area contributed by atoms with Crippen molar-refractivity contribution >= 4 is 27.8 Å². The van der Waals surface area contributed by atoms with Gasteiger partial charge in [0.15, 0.2) is 0 Å². The predicted molar refractivity (Wildman–Crippen MR) is 119 cm³/mol. The summed E-state index contributed by atoms with van der Waals surface area (Å²) >= 11 is 0. The maximum atomic E-state index is 12.5. The van der Waals surface area contributed by atoms with E-state index in [1.807, 2.05) is 36.4 Å². The molecule has 0 saturated heterocycles. The van der Waals surface area contributed by atoms with Crippen LogP contribution in [-0.2, 0) is 21.5 Å². The molecule has 0 saturated carbocycles. The van der Waals surface area contributed by atoms with Crippen LogP contribution in [0.4, 0.5) is 5.69 Å². The Morgan fingerprint density at radius 2 is 1.79 bits per heavy atom. The minimum atomic E-state index is -4.35. The summed E-state index contributed by atoms with van der Waals surface area (Å²) in [5, 5.41) is 22.9. The van der Waals surface area contributed by atoms with Crippen LogP contribution in [0.5, 0.6) is 5.75 Å². The number of hydrogen-bond donors (Lipinski definition) is 1. The molecule has 0 aliphatic heterocycles. The highest BCUT2D eigenvalue weighted by Gasteiger charge is 2.20. The molecule has 1 N–H and O–H groups in total. The molecular weight excluding hydrogens is 446 g/mol. The number of rotatable bonds is 8. The molecule has 3 aromatic rings. The van der Waals surface area contributed by atoms with Crippen molar-refractivity contribution < 1.29 is 22.3 Å². The molecule has 10 heteroatoms. The third-order valence-electron chi connectivity index (χ3n) is 4.35. The minimum absolute atomic E-state index is 0.0859. The fourth-order valence-electron chi connectivity index (χ4n) is 2.77. The molecule has 0 aromatic heterocycles. The van der Waals surface area contributed by atoms with Crippen LogP contribution in [0.3, 0.4) is 0 Å². The van der Waals surface area contributed by atoms with Gasteiger partial charge in [-0.1, -0.05) is 48.5 Å². The first-order valence-electron chi connectivity index (χ1n) is 9.51. The third kappa shape index (κ3) is 6.25. The van der Waals surface area contributed by atoms with Crippen LogP contribution >= 0.6 is 0 Å². The second-order valence-corrected chi connectivity index (χ2v) is 8.25. The number of amides is 1. The van der Waals surface area contributed by atoms with E-state index in [1.165, 1.54) is 36.4 Å². The lowest BCUT2D eigenvalue weighted by Crippen LogP contribution is -2.23. The van der Waals surface area contributed by atoms with Gasteiger partial charge in [-0.2, -0.15) is 13.7 Å². The van der Waals surface area contributed by atoms with Gasteiger partial charge in [-0.25, -0.2) is 0 Å². The molecule has 0 unspecified atom stereocenters. The number of nitro groups is 1. The first-order valence-corrected chi connectivity index (χ1v) is 10.9. The topological polar surface area (TPSA) is 139 Å². The highest BCUT2D eigenvalue weighted by atomic mass is 32.2. The molecule has 0 heterocycles. The van der Waals surface area contributed by atoms with Crippen molar-refractivity contribution in [3.8, 4) is 11.8 Å². The Morgan fingerprint density at radius 1 is 1.06 bits per heavy atom. The summed E-state index contributed by atoms with van der Waals surface area (Å²) in [6.45, 7) is 0.239. The van der Waals surface area contributed by atoms with Crippen LogP contribution in [0.25, 0.3) is 6.08 Å². The standard InChI is InChI=1S/C23H17N3O6S/c24-15-19(23(27)25-16-17-6-2-1-3-7-17)12-18-8-4-10-21(13-18)32-33(30,31)22-11-5-9-20(14-22)26(28)29/h1-14H,16H2,(H,25,27)/b19-12+. The van der Waals surface area contributed by atoms with Crippen LogP contribution < -0.4 is 9.50 Å². The second kappa shape index (κ2) is 10.2.